The maximum atomic E-state index is 11.2. The second kappa shape index (κ2) is 5.49. The summed E-state index contributed by atoms with van der Waals surface area (Å²) in [6, 6.07) is 7.21. The first-order chi connectivity index (χ1) is 9.08. The zero-order valence-corrected chi connectivity index (χ0v) is 10.6. The topological polar surface area (TPSA) is 105 Å². The van der Waals surface area contributed by atoms with E-state index >= 15 is 0 Å². The van der Waals surface area contributed by atoms with Gasteiger partial charge in [0.2, 0.25) is 0 Å². The summed E-state index contributed by atoms with van der Waals surface area (Å²) in [5.41, 5.74) is 5.21. The standard InChI is InChI=1S/C12H11N3O3S/c13-11(16)7-3-1-5-9(14-7)15-10(12(17)18)8-4-2-6-19-8/h1-6,10H,(H2,13,16)(H,14,15)(H,17,18). The summed E-state index contributed by atoms with van der Waals surface area (Å²) in [6.45, 7) is 0. The van der Waals surface area contributed by atoms with Crippen LogP contribution in [0.25, 0.3) is 0 Å². The Morgan fingerprint density at radius 2 is 2.11 bits per heavy atom. The molecule has 7 heteroatoms. The second-order valence-corrected chi connectivity index (χ2v) is 4.68. The van der Waals surface area contributed by atoms with E-state index in [0.717, 1.165) is 0 Å². The van der Waals surface area contributed by atoms with Crippen molar-refractivity contribution in [3.05, 3.63) is 46.3 Å². The van der Waals surface area contributed by atoms with E-state index in [1.165, 1.54) is 17.4 Å². The number of thiophene rings is 1. The number of rotatable bonds is 5. The third-order valence-electron chi connectivity index (χ3n) is 2.37. The molecule has 2 rings (SSSR count). The van der Waals surface area contributed by atoms with Crippen LogP contribution in [0.4, 0.5) is 5.82 Å². The summed E-state index contributed by atoms with van der Waals surface area (Å²) >= 11 is 1.33. The minimum absolute atomic E-state index is 0.0836. The maximum absolute atomic E-state index is 11.2. The highest BCUT2D eigenvalue weighted by Gasteiger charge is 2.21. The van der Waals surface area contributed by atoms with Crippen molar-refractivity contribution in [1.82, 2.24) is 4.98 Å². The van der Waals surface area contributed by atoms with Crippen LogP contribution in [0.1, 0.15) is 21.4 Å². The lowest BCUT2D eigenvalue weighted by Gasteiger charge is -2.13. The normalized spacial score (nSPS) is 11.8. The van der Waals surface area contributed by atoms with Gasteiger partial charge in [-0.2, -0.15) is 0 Å². The predicted octanol–water partition coefficient (Wildman–Crippen LogP) is 1.48. The number of amides is 1. The minimum Gasteiger partial charge on any atom is -0.479 e. The van der Waals surface area contributed by atoms with E-state index in [4.69, 9.17) is 5.73 Å². The van der Waals surface area contributed by atoms with Gasteiger partial charge in [0.05, 0.1) is 0 Å². The number of nitrogens with zero attached hydrogens (tertiary/aromatic N) is 1. The number of primary amides is 1. The number of carboxylic acid groups (broad SMARTS) is 1. The summed E-state index contributed by atoms with van der Waals surface area (Å²) in [5.74, 6) is -1.39. The molecule has 0 aliphatic heterocycles. The molecule has 1 unspecified atom stereocenters. The van der Waals surface area contributed by atoms with Crippen LogP contribution in [0.5, 0.6) is 0 Å². The molecular weight excluding hydrogens is 266 g/mol. The number of carbonyl (C=O) groups excluding carboxylic acids is 1. The number of nitrogens with two attached hydrogens (primary N) is 1. The van der Waals surface area contributed by atoms with Gasteiger partial charge >= 0.3 is 5.97 Å². The maximum Gasteiger partial charge on any atom is 0.331 e. The number of carbonyl (C=O) groups is 2. The van der Waals surface area contributed by atoms with Gasteiger partial charge in [-0.1, -0.05) is 12.1 Å². The van der Waals surface area contributed by atoms with Gasteiger partial charge < -0.3 is 16.2 Å². The monoisotopic (exact) mass is 277 g/mol. The Hall–Kier alpha value is -2.41. The number of hydrogen-bond acceptors (Lipinski definition) is 5. The molecule has 1 atom stereocenters. The number of carboxylic acids is 1. The molecule has 2 heterocycles. The number of anilines is 1. The summed E-state index contributed by atoms with van der Waals surface area (Å²) in [7, 11) is 0. The lowest BCUT2D eigenvalue weighted by atomic mass is 10.2. The van der Waals surface area contributed by atoms with Crippen LogP contribution in [0, 0.1) is 0 Å². The van der Waals surface area contributed by atoms with Gasteiger partial charge in [-0.3, -0.25) is 4.79 Å². The molecule has 0 saturated carbocycles. The Morgan fingerprint density at radius 3 is 2.68 bits per heavy atom. The van der Waals surface area contributed by atoms with Crippen molar-refractivity contribution in [2.45, 2.75) is 6.04 Å². The smallest absolute Gasteiger partial charge is 0.331 e. The molecular formula is C12H11N3O3S. The molecule has 0 radical (unpaired) electrons. The highest BCUT2D eigenvalue weighted by molar-refractivity contribution is 7.10. The summed E-state index contributed by atoms with van der Waals surface area (Å²) in [4.78, 5) is 26.9. The number of pyridine rings is 1. The van der Waals surface area contributed by atoms with Crippen molar-refractivity contribution in [3.8, 4) is 0 Å². The van der Waals surface area contributed by atoms with E-state index < -0.39 is 17.9 Å². The Kier molecular flexibility index (Phi) is 3.76. The first kappa shape index (κ1) is 13.0. The molecule has 2 aromatic rings. The van der Waals surface area contributed by atoms with Crippen LogP contribution >= 0.6 is 11.3 Å². The van der Waals surface area contributed by atoms with Crippen molar-refractivity contribution >= 4 is 29.0 Å². The average Bonchev–Trinajstić information content (AvgIpc) is 2.89. The third-order valence-corrected chi connectivity index (χ3v) is 3.31. The molecule has 0 bridgehead atoms. The van der Waals surface area contributed by atoms with Gasteiger partial charge in [0.1, 0.15) is 11.5 Å². The largest absolute Gasteiger partial charge is 0.479 e. The van der Waals surface area contributed by atoms with E-state index in [1.54, 1.807) is 29.6 Å². The number of nitrogens with one attached hydrogen (secondary N) is 1. The Balaban J connectivity index is 2.25. The number of aliphatic carboxylic acids is 1. The minimum atomic E-state index is -1.02. The van der Waals surface area contributed by atoms with Crippen LogP contribution in [0.2, 0.25) is 0 Å². The molecule has 0 spiro atoms. The number of aromatic nitrogens is 1. The van der Waals surface area contributed by atoms with Crippen molar-refractivity contribution in [2.75, 3.05) is 5.32 Å². The SMILES string of the molecule is NC(=O)c1cccc(NC(C(=O)O)c2cccs2)n1. The van der Waals surface area contributed by atoms with Crippen LogP contribution in [0.3, 0.4) is 0 Å². The van der Waals surface area contributed by atoms with Crippen LogP contribution in [0.15, 0.2) is 35.7 Å². The molecule has 2 aromatic heterocycles. The van der Waals surface area contributed by atoms with E-state index in [2.05, 4.69) is 10.3 Å². The van der Waals surface area contributed by atoms with Gasteiger partial charge in [-0.15, -0.1) is 11.3 Å². The van der Waals surface area contributed by atoms with Gasteiger partial charge in [0.15, 0.2) is 6.04 Å². The zero-order chi connectivity index (χ0) is 13.8. The van der Waals surface area contributed by atoms with Crippen molar-refractivity contribution in [2.24, 2.45) is 5.73 Å². The van der Waals surface area contributed by atoms with Gasteiger partial charge in [-0.25, -0.2) is 9.78 Å². The highest BCUT2D eigenvalue weighted by atomic mass is 32.1. The number of hydrogen-bond donors (Lipinski definition) is 3. The first-order valence-electron chi connectivity index (χ1n) is 5.37. The molecule has 0 aliphatic rings. The summed E-state index contributed by atoms with van der Waals surface area (Å²) < 4.78 is 0. The second-order valence-electron chi connectivity index (χ2n) is 3.70. The molecule has 0 fully saturated rings. The van der Waals surface area contributed by atoms with Gasteiger partial charge in [0, 0.05) is 4.88 Å². The highest BCUT2D eigenvalue weighted by Crippen LogP contribution is 2.23. The summed E-state index contributed by atoms with van der Waals surface area (Å²) in [6.07, 6.45) is 0. The van der Waals surface area contributed by atoms with Gasteiger partial charge in [0.25, 0.3) is 5.91 Å². The van der Waals surface area contributed by atoms with E-state index in [1.807, 2.05) is 0 Å². The predicted molar refractivity (Wildman–Crippen MR) is 71.1 cm³/mol. The molecule has 1 amide bonds. The van der Waals surface area contributed by atoms with Crippen molar-refractivity contribution in [3.63, 3.8) is 0 Å². The Labute approximate surface area is 112 Å². The molecule has 0 aliphatic carbocycles. The van der Waals surface area contributed by atoms with E-state index in [0.29, 0.717) is 4.88 Å². The van der Waals surface area contributed by atoms with Crippen LogP contribution < -0.4 is 11.1 Å². The Morgan fingerprint density at radius 1 is 1.32 bits per heavy atom. The third kappa shape index (κ3) is 3.08. The molecule has 98 valence electrons. The van der Waals surface area contributed by atoms with Gasteiger partial charge in [-0.05, 0) is 23.6 Å². The average molecular weight is 277 g/mol. The fourth-order valence-corrected chi connectivity index (χ4v) is 2.28. The molecule has 6 nitrogen and oxygen atoms in total. The lowest BCUT2D eigenvalue weighted by molar-refractivity contribution is -0.138. The van der Waals surface area contributed by atoms with Crippen LogP contribution in [-0.4, -0.2) is 22.0 Å². The first-order valence-corrected chi connectivity index (χ1v) is 6.25. The van der Waals surface area contributed by atoms with Crippen molar-refractivity contribution in [1.29, 1.82) is 0 Å². The fraction of sp³-hybridized carbons (Fsp3) is 0.0833. The van der Waals surface area contributed by atoms with Crippen LogP contribution in [-0.2, 0) is 4.79 Å². The lowest BCUT2D eigenvalue weighted by Crippen LogP contribution is -2.21. The van der Waals surface area contributed by atoms with Crippen molar-refractivity contribution < 1.29 is 14.7 Å². The molecule has 4 N–H and O–H groups in total. The quantitative estimate of drug-likeness (QED) is 0.767. The molecule has 0 aromatic carbocycles. The molecule has 19 heavy (non-hydrogen) atoms. The van der Waals surface area contributed by atoms with E-state index in [-0.39, 0.29) is 11.5 Å². The summed E-state index contributed by atoms with van der Waals surface area (Å²) in [5, 5.41) is 13.8. The van der Waals surface area contributed by atoms with E-state index in [9.17, 15) is 14.7 Å². The Bertz CT molecular complexity index is 598. The fourth-order valence-electron chi connectivity index (χ4n) is 1.51. The molecule has 0 saturated heterocycles. The zero-order valence-electron chi connectivity index (χ0n) is 9.74.